The number of methoxy groups -OCH3 is 1. The maximum Gasteiger partial charge on any atom is 0.418 e. The maximum absolute atomic E-state index is 13.2. The number of thiocarbonyl (C=S) groups is 1. The Balaban J connectivity index is 1.77. The number of rotatable bonds is 4. The fraction of sp³-hybridized carbons (Fsp3) is 0.150. The van der Waals surface area contributed by atoms with E-state index in [1.54, 1.807) is 23.2 Å². The molecule has 0 unspecified atom stereocenters. The number of ether oxygens (including phenoxy) is 1. The molecule has 11 heteroatoms. The highest BCUT2D eigenvalue weighted by atomic mass is 32.1. The first kappa shape index (κ1) is 22.2. The van der Waals surface area contributed by atoms with Gasteiger partial charge >= 0.3 is 6.18 Å². The van der Waals surface area contributed by atoms with Crippen molar-refractivity contribution in [2.75, 3.05) is 12.4 Å². The minimum Gasteiger partial charge on any atom is -0.495 e. The van der Waals surface area contributed by atoms with Gasteiger partial charge in [-0.05, 0) is 55.5 Å². The van der Waals surface area contributed by atoms with Crippen molar-refractivity contribution in [2.45, 2.75) is 13.1 Å². The maximum atomic E-state index is 13.2. The summed E-state index contributed by atoms with van der Waals surface area (Å²) in [5, 5.41) is 4.20. The molecule has 3 rings (SSSR count). The highest BCUT2D eigenvalue weighted by Gasteiger charge is 2.34. The summed E-state index contributed by atoms with van der Waals surface area (Å²) in [6.07, 6.45) is -1.44. The summed E-state index contributed by atoms with van der Waals surface area (Å²) in [6.45, 7) is 1.82. The molecule has 2 N–H and O–H groups in total. The fourth-order valence-corrected chi connectivity index (χ4v) is 2.98. The van der Waals surface area contributed by atoms with Crippen LogP contribution < -0.4 is 15.4 Å². The van der Waals surface area contributed by atoms with Gasteiger partial charge in [0, 0.05) is 11.8 Å². The van der Waals surface area contributed by atoms with E-state index < -0.39 is 29.2 Å². The molecular formula is C20H16F4N4O2S. The smallest absolute Gasteiger partial charge is 0.418 e. The molecule has 0 fully saturated rings. The van der Waals surface area contributed by atoms with Crippen LogP contribution in [0, 0.1) is 12.7 Å². The van der Waals surface area contributed by atoms with E-state index in [4.69, 9.17) is 17.0 Å². The van der Waals surface area contributed by atoms with Crippen LogP contribution in [0.3, 0.4) is 0 Å². The van der Waals surface area contributed by atoms with Crippen molar-refractivity contribution in [3.05, 3.63) is 71.6 Å². The number of aromatic nitrogens is 2. The number of hydrogen-bond acceptors (Lipinski definition) is 4. The van der Waals surface area contributed by atoms with Crippen LogP contribution >= 0.6 is 12.2 Å². The third-order valence-corrected chi connectivity index (χ3v) is 4.40. The molecule has 6 nitrogen and oxygen atoms in total. The highest BCUT2D eigenvalue weighted by Crippen LogP contribution is 2.35. The lowest BCUT2D eigenvalue weighted by Crippen LogP contribution is -2.34. The van der Waals surface area contributed by atoms with Gasteiger partial charge in [-0.15, -0.1) is 0 Å². The molecule has 0 aliphatic carbocycles. The topological polar surface area (TPSA) is 68.2 Å². The molecule has 0 aliphatic heterocycles. The molecule has 0 spiro atoms. The first-order chi connectivity index (χ1) is 14.6. The molecule has 1 heterocycles. The molecule has 162 valence electrons. The van der Waals surface area contributed by atoms with Gasteiger partial charge in [-0.25, -0.2) is 9.37 Å². The van der Waals surface area contributed by atoms with Gasteiger partial charge in [0.1, 0.15) is 11.6 Å². The second-order valence-electron chi connectivity index (χ2n) is 6.40. The largest absolute Gasteiger partial charge is 0.495 e. The van der Waals surface area contributed by atoms with E-state index in [2.05, 4.69) is 15.6 Å². The summed E-state index contributed by atoms with van der Waals surface area (Å²) in [5.41, 5.74) is -0.133. The predicted octanol–water partition coefficient (Wildman–Crippen LogP) is 4.47. The van der Waals surface area contributed by atoms with Gasteiger partial charge in [0.2, 0.25) is 0 Å². The number of amides is 1. The van der Waals surface area contributed by atoms with Crippen molar-refractivity contribution in [3.8, 4) is 11.4 Å². The van der Waals surface area contributed by atoms with Gasteiger partial charge in [-0.2, -0.15) is 13.2 Å². The number of hydrogen-bond donors (Lipinski definition) is 2. The van der Waals surface area contributed by atoms with Crippen molar-refractivity contribution in [1.82, 2.24) is 14.9 Å². The zero-order valence-electron chi connectivity index (χ0n) is 16.2. The molecule has 0 saturated heterocycles. The SMILES string of the molecule is COc1cc(C(=O)NC(=S)Nc2ccc(F)cc2C(F)(F)F)ccc1-n1cnc(C)c1. The lowest BCUT2D eigenvalue weighted by atomic mass is 10.1. The van der Waals surface area contributed by atoms with E-state index in [0.29, 0.717) is 17.5 Å². The third kappa shape index (κ3) is 5.18. The van der Waals surface area contributed by atoms with Crippen LogP contribution in [0.25, 0.3) is 5.69 Å². The van der Waals surface area contributed by atoms with Gasteiger partial charge in [0.15, 0.2) is 5.11 Å². The molecule has 2 aromatic carbocycles. The first-order valence-electron chi connectivity index (χ1n) is 8.76. The minimum atomic E-state index is -4.81. The van der Waals surface area contributed by atoms with Gasteiger partial charge < -0.3 is 14.6 Å². The molecule has 0 bridgehead atoms. The fourth-order valence-electron chi connectivity index (χ4n) is 2.77. The lowest BCUT2D eigenvalue weighted by molar-refractivity contribution is -0.137. The van der Waals surface area contributed by atoms with Crippen molar-refractivity contribution >= 4 is 28.9 Å². The van der Waals surface area contributed by atoms with E-state index in [1.165, 1.54) is 19.2 Å². The van der Waals surface area contributed by atoms with E-state index in [9.17, 15) is 22.4 Å². The van der Waals surface area contributed by atoms with Gasteiger partial charge in [-0.1, -0.05) is 0 Å². The van der Waals surface area contributed by atoms with E-state index in [0.717, 1.165) is 17.8 Å². The molecule has 3 aromatic rings. The predicted molar refractivity (Wildman–Crippen MR) is 110 cm³/mol. The van der Waals surface area contributed by atoms with E-state index in [1.807, 2.05) is 6.92 Å². The van der Waals surface area contributed by atoms with Crippen molar-refractivity contribution in [3.63, 3.8) is 0 Å². The summed E-state index contributed by atoms with van der Waals surface area (Å²) in [4.78, 5) is 16.6. The van der Waals surface area contributed by atoms with Crippen LogP contribution in [0.2, 0.25) is 0 Å². The number of halogens is 4. The van der Waals surface area contributed by atoms with Crippen LogP contribution in [-0.2, 0) is 6.18 Å². The van der Waals surface area contributed by atoms with Crippen molar-refractivity contribution < 1.29 is 27.1 Å². The van der Waals surface area contributed by atoms with Crippen LogP contribution in [0.1, 0.15) is 21.6 Å². The number of carbonyl (C=O) groups is 1. The molecule has 1 aromatic heterocycles. The molecular weight excluding hydrogens is 436 g/mol. The number of nitrogens with one attached hydrogen (secondary N) is 2. The molecule has 0 aliphatic rings. The van der Waals surface area contributed by atoms with Crippen molar-refractivity contribution in [1.29, 1.82) is 0 Å². The molecule has 0 saturated carbocycles. The lowest BCUT2D eigenvalue weighted by Gasteiger charge is -2.16. The number of carbonyl (C=O) groups excluding carboxylic acids is 1. The highest BCUT2D eigenvalue weighted by molar-refractivity contribution is 7.80. The second kappa shape index (κ2) is 8.72. The first-order valence-corrected chi connectivity index (χ1v) is 9.17. The van der Waals surface area contributed by atoms with Crippen LogP contribution in [0.5, 0.6) is 5.75 Å². The quantitative estimate of drug-likeness (QED) is 0.452. The standard InChI is InChI=1S/C20H16F4N4O2S/c1-11-9-28(10-25-11)16-6-3-12(7-17(16)30-2)18(29)27-19(31)26-15-5-4-13(21)8-14(15)20(22,23)24/h3-10H,1-2H3,(H2,26,27,29,31). The summed E-state index contributed by atoms with van der Waals surface area (Å²) in [6, 6.07) is 6.68. The Morgan fingerprint density at radius 1 is 1.19 bits per heavy atom. The number of alkyl halides is 3. The number of nitrogens with zero attached hydrogens (tertiary/aromatic N) is 2. The number of imidazole rings is 1. The Labute approximate surface area is 179 Å². The van der Waals surface area contributed by atoms with E-state index in [-0.39, 0.29) is 10.7 Å². The van der Waals surface area contributed by atoms with Crippen LogP contribution in [0.15, 0.2) is 48.9 Å². The Kier molecular flexibility index (Phi) is 6.25. The van der Waals surface area contributed by atoms with Crippen molar-refractivity contribution in [2.24, 2.45) is 0 Å². The average Bonchev–Trinajstić information content (AvgIpc) is 3.14. The summed E-state index contributed by atoms with van der Waals surface area (Å²) in [7, 11) is 1.43. The summed E-state index contributed by atoms with van der Waals surface area (Å²) >= 11 is 4.95. The second-order valence-corrected chi connectivity index (χ2v) is 6.81. The Bertz CT molecular complexity index is 1140. The van der Waals surface area contributed by atoms with Crippen LogP contribution in [0.4, 0.5) is 23.2 Å². The number of aryl methyl sites for hydroxylation is 1. The Hall–Kier alpha value is -3.47. The Morgan fingerprint density at radius 2 is 1.94 bits per heavy atom. The average molecular weight is 452 g/mol. The van der Waals surface area contributed by atoms with E-state index >= 15 is 0 Å². The number of anilines is 1. The van der Waals surface area contributed by atoms with Crippen LogP contribution in [-0.4, -0.2) is 27.7 Å². The zero-order valence-corrected chi connectivity index (χ0v) is 17.1. The molecule has 0 atom stereocenters. The van der Waals surface area contributed by atoms with Gasteiger partial charge in [0.05, 0.1) is 36.1 Å². The monoisotopic (exact) mass is 452 g/mol. The van der Waals surface area contributed by atoms with Gasteiger partial charge in [-0.3, -0.25) is 10.1 Å². The normalized spacial score (nSPS) is 11.2. The Morgan fingerprint density at radius 3 is 2.55 bits per heavy atom. The van der Waals surface area contributed by atoms with Gasteiger partial charge in [0.25, 0.3) is 5.91 Å². The number of benzene rings is 2. The summed E-state index contributed by atoms with van der Waals surface area (Å²) in [5.74, 6) is -1.34. The molecule has 0 radical (unpaired) electrons. The minimum absolute atomic E-state index is 0.164. The molecule has 31 heavy (non-hydrogen) atoms. The molecule has 1 amide bonds. The summed E-state index contributed by atoms with van der Waals surface area (Å²) < 4.78 is 59.6. The zero-order chi connectivity index (χ0) is 22.8. The third-order valence-electron chi connectivity index (χ3n) is 4.19.